The van der Waals surface area contributed by atoms with Crippen LogP contribution >= 0.6 is 0 Å². The molecule has 0 spiro atoms. The summed E-state index contributed by atoms with van der Waals surface area (Å²) in [5.74, 6) is 0.571. The van der Waals surface area contributed by atoms with Crippen molar-refractivity contribution < 1.29 is 10.0 Å². The Kier molecular flexibility index (Phi) is 4.85. The second kappa shape index (κ2) is 6.15. The van der Waals surface area contributed by atoms with Crippen LogP contribution in [-0.4, -0.2) is 27.7 Å². The van der Waals surface area contributed by atoms with Crippen LogP contribution in [0.4, 0.5) is 17.3 Å². The molecular formula is C11H18N4O3. The lowest BCUT2D eigenvalue weighted by molar-refractivity contribution is -0.384. The van der Waals surface area contributed by atoms with E-state index in [1.54, 1.807) is 0 Å². The van der Waals surface area contributed by atoms with Gasteiger partial charge in [0.05, 0.1) is 4.92 Å². The van der Waals surface area contributed by atoms with E-state index >= 15 is 0 Å². The van der Waals surface area contributed by atoms with Gasteiger partial charge < -0.3 is 16.2 Å². The van der Waals surface area contributed by atoms with Crippen LogP contribution in [0, 0.1) is 16.0 Å². The monoisotopic (exact) mass is 254 g/mol. The van der Waals surface area contributed by atoms with E-state index in [0.29, 0.717) is 6.42 Å². The minimum atomic E-state index is -0.509. The molecule has 1 atom stereocenters. The minimum Gasteiger partial charge on any atom is -0.396 e. The molecule has 7 nitrogen and oxygen atoms in total. The van der Waals surface area contributed by atoms with Gasteiger partial charge in [-0.25, -0.2) is 4.98 Å². The number of rotatable bonds is 6. The molecule has 0 amide bonds. The molecule has 18 heavy (non-hydrogen) atoms. The van der Waals surface area contributed by atoms with E-state index in [0.717, 1.165) is 0 Å². The first kappa shape index (κ1) is 14.2. The number of anilines is 2. The SMILES string of the molecule is CC(C)C(CCO)Nc1nc(N)ccc1[N+](=O)[O-]. The number of aromatic nitrogens is 1. The number of nitrogen functional groups attached to an aromatic ring is 1. The molecule has 0 fully saturated rings. The zero-order valence-corrected chi connectivity index (χ0v) is 10.5. The lowest BCUT2D eigenvalue weighted by atomic mass is 10.0. The third-order valence-electron chi connectivity index (χ3n) is 2.66. The van der Waals surface area contributed by atoms with Gasteiger partial charge in [0, 0.05) is 18.7 Å². The number of hydrogen-bond donors (Lipinski definition) is 3. The van der Waals surface area contributed by atoms with Gasteiger partial charge in [-0.15, -0.1) is 0 Å². The van der Waals surface area contributed by atoms with Crippen LogP contribution in [0.2, 0.25) is 0 Å². The second-order valence-electron chi connectivity index (χ2n) is 4.37. The van der Waals surface area contributed by atoms with Crippen molar-refractivity contribution in [3.05, 3.63) is 22.2 Å². The molecular weight excluding hydrogens is 236 g/mol. The van der Waals surface area contributed by atoms with Crippen LogP contribution in [0.1, 0.15) is 20.3 Å². The number of pyridine rings is 1. The fraction of sp³-hybridized carbons (Fsp3) is 0.545. The lowest BCUT2D eigenvalue weighted by Crippen LogP contribution is -2.27. The van der Waals surface area contributed by atoms with Gasteiger partial charge >= 0.3 is 5.69 Å². The molecule has 0 radical (unpaired) electrons. The topological polar surface area (TPSA) is 114 Å². The van der Waals surface area contributed by atoms with Crippen molar-refractivity contribution in [1.29, 1.82) is 0 Å². The molecule has 0 aromatic carbocycles. The van der Waals surface area contributed by atoms with Gasteiger partial charge in [-0.1, -0.05) is 13.8 Å². The summed E-state index contributed by atoms with van der Waals surface area (Å²) < 4.78 is 0. The quantitative estimate of drug-likeness (QED) is 0.522. The summed E-state index contributed by atoms with van der Waals surface area (Å²) in [6, 6.07) is 2.61. The van der Waals surface area contributed by atoms with Gasteiger partial charge in [-0.05, 0) is 18.4 Å². The summed E-state index contributed by atoms with van der Waals surface area (Å²) in [5, 5.41) is 22.8. The number of nitrogens with one attached hydrogen (secondary N) is 1. The zero-order chi connectivity index (χ0) is 13.7. The number of aliphatic hydroxyl groups excluding tert-OH is 1. The Hall–Kier alpha value is -1.89. The maximum absolute atomic E-state index is 10.9. The van der Waals surface area contributed by atoms with Crippen molar-refractivity contribution in [3.8, 4) is 0 Å². The summed E-state index contributed by atoms with van der Waals surface area (Å²) in [6.07, 6.45) is 0.491. The van der Waals surface area contributed by atoms with Gasteiger partial charge in [-0.2, -0.15) is 0 Å². The molecule has 0 aliphatic rings. The van der Waals surface area contributed by atoms with E-state index in [-0.39, 0.29) is 35.9 Å². The maximum Gasteiger partial charge on any atom is 0.311 e. The highest BCUT2D eigenvalue weighted by Gasteiger charge is 2.20. The molecule has 1 unspecified atom stereocenters. The van der Waals surface area contributed by atoms with Crippen LogP contribution in [0.5, 0.6) is 0 Å². The predicted octanol–water partition coefficient (Wildman–Crippen LogP) is 1.39. The first-order valence-electron chi connectivity index (χ1n) is 5.74. The van der Waals surface area contributed by atoms with Crippen LogP contribution in [0.3, 0.4) is 0 Å². The Bertz CT molecular complexity index is 423. The minimum absolute atomic E-state index is 0.00591. The smallest absolute Gasteiger partial charge is 0.311 e. The molecule has 1 rings (SSSR count). The number of hydrogen-bond acceptors (Lipinski definition) is 6. The van der Waals surface area contributed by atoms with Crippen molar-refractivity contribution in [1.82, 2.24) is 4.98 Å². The van der Waals surface area contributed by atoms with Crippen LogP contribution in [-0.2, 0) is 0 Å². The second-order valence-corrected chi connectivity index (χ2v) is 4.37. The van der Waals surface area contributed by atoms with E-state index in [1.165, 1.54) is 12.1 Å². The Balaban J connectivity index is 3.00. The molecule has 1 heterocycles. The van der Waals surface area contributed by atoms with Crippen LogP contribution in [0.25, 0.3) is 0 Å². The van der Waals surface area contributed by atoms with E-state index in [4.69, 9.17) is 10.8 Å². The van der Waals surface area contributed by atoms with Crippen molar-refractivity contribution in [2.75, 3.05) is 17.7 Å². The highest BCUT2D eigenvalue weighted by atomic mass is 16.6. The molecule has 0 saturated heterocycles. The van der Waals surface area contributed by atoms with Crippen LogP contribution in [0.15, 0.2) is 12.1 Å². The summed E-state index contributed by atoms with van der Waals surface area (Å²) in [6.45, 7) is 3.93. The van der Waals surface area contributed by atoms with Crippen molar-refractivity contribution in [2.24, 2.45) is 5.92 Å². The number of nitrogens with two attached hydrogens (primary N) is 1. The van der Waals surface area contributed by atoms with Crippen LogP contribution < -0.4 is 11.1 Å². The fourth-order valence-electron chi connectivity index (χ4n) is 1.61. The van der Waals surface area contributed by atoms with Crippen molar-refractivity contribution in [2.45, 2.75) is 26.3 Å². The Labute approximate surface area is 105 Å². The third-order valence-corrected chi connectivity index (χ3v) is 2.66. The Morgan fingerprint density at radius 3 is 2.72 bits per heavy atom. The highest BCUT2D eigenvalue weighted by Crippen LogP contribution is 2.25. The van der Waals surface area contributed by atoms with Crippen molar-refractivity contribution >= 4 is 17.3 Å². The zero-order valence-electron chi connectivity index (χ0n) is 10.5. The molecule has 1 aromatic heterocycles. The van der Waals surface area contributed by atoms with E-state index < -0.39 is 4.92 Å². The highest BCUT2D eigenvalue weighted by molar-refractivity contribution is 5.59. The average Bonchev–Trinajstić information content (AvgIpc) is 2.28. The molecule has 4 N–H and O–H groups in total. The number of nitro groups is 1. The van der Waals surface area contributed by atoms with E-state index in [9.17, 15) is 10.1 Å². The fourth-order valence-corrected chi connectivity index (χ4v) is 1.61. The normalized spacial score (nSPS) is 12.4. The number of aliphatic hydroxyl groups is 1. The first-order valence-corrected chi connectivity index (χ1v) is 5.74. The van der Waals surface area contributed by atoms with E-state index in [2.05, 4.69) is 10.3 Å². The van der Waals surface area contributed by atoms with Gasteiger partial charge in [0.25, 0.3) is 0 Å². The molecule has 100 valence electrons. The Morgan fingerprint density at radius 2 is 2.22 bits per heavy atom. The van der Waals surface area contributed by atoms with E-state index in [1.807, 2.05) is 13.8 Å². The van der Waals surface area contributed by atoms with Crippen molar-refractivity contribution in [3.63, 3.8) is 0 Å². The molecule has 0 bridgehead atoms. The van der Waals surface area contributed by atoms with Gasteiger partial charge in [-0.3, -0.25) is 10.1 Å². The molecule has 0 saturated carbocycles. The Morgan fingerprint density at radius 1 is 1.56 bits per heavy atom. The molecule has 0 aliphatic carbocycles. The summed E-state index contributed by atoms with van der Waals surface area (Å²) >= 11 is 0. The third kappa shape index (κ3) is 3.56. The molecule has 1 aromatic rings. The summed E-state index contributed by atoms with van der Waals surface area (Å²) in [7, 11) is 0. The first-order chi connectivity index (χ1) is 8.45. The summed E-state index contributed by atoms with van der Waals surface area (Å²) in [5.41, 5.74) is 5.41. The lowest BCUT2D eigenvalue weighted by Gasteiger charge is -2.21. The number of nitrogens with zero attached hydrogens (tertiary/aromatic N) is 2. The molecule has 0 aliphatic heterocycles. The average molecular weight is 254 g/mol. The van der Waals surface area contributed by atoms with Gasteiger partial charge in [0.1, 0.15) is 5.82 Å². The molecule has 7 heteroatoms. The van der Waals surface area contributed by atoms with Gasteiger partial charge in [0.15, 0.2) is 0 Å². The van der Waals surface area contributed by atoms with Gasteiger partial charge in [0.2, 0.25) is 5.82 Å². The standard InChI is InChI=1S/C11H18N4O3/c1-7(2)8(5-6-16)13-11-9(15(17)18)3-4-10(12)14-11/h3-4,7-8,16H,5-6H2,1-2H3,(H3,12,13,14). The summed E-state index contributed by atoms with van der Waals surface area (Å²) in [4.78, 5) is 14.3. The predicted molar refractivity (Wildman–Crippen MR) is 69.3 cm³/mol. The maximum atomic E-state index is 10.9. The largest absolute Gasteiger partial charge is 0.396 e.